The average Bonchev–Trinajstić information content (AvgIpc) is 2.26. The van der Waals surface area contributed by atoms with Gasteiger partial charge in [0.1, 0.15) is 4.99 Å². The summed E-state index contributed by atoms with van der Waals surface area (Å²) in [5.41, 5.74) is 7.06. The van der Waals surface area contributed by atoms with Gasteiger partial charge in [-0.1, -0.05) is 24.7 Å². The van der Waals surface area contributed by atoms with Crippen LogP contribution in [-0.2, 0) is 10.0 Å². The third-order valence-electron chi connectivity index (χ3n) is 3.56. The largest absolute Gasteiger partial charge is 0.389 e. The molecule has 3 N–H and O–H groups in total. The van der Waals surface area contributed by atoms with Gasteiger partial charge in [0.05, 0.1) is 4.90 Å². The van der Waals surface area contributed by atoms with Crippen molar-refractivity contribution in [1.82, 2.24) is 4.72 Å². The quantitative estimate of drug-likeness (QED) is 0.812. The highest BCUT2D eigenvalue weighted by molar-refractivity contribution is 7.89. The zero-order valence-corrected chi connectivity index (χ0v) is 12.5. The van der Waals surface area contributed by atoms with Crippen LogP contribution in [0.15, 0.2) is 23.1 Å². The van der Waals surface area contributed by atoms with Crippen LogP contribution in [0.2, 0.25) is 0 Å². The van der Waals surface area contributed by atoms with E-state index in [9.17, 15) is 8.42 Å². The fourth-order valence-corrected chi connectivity index (χ4v) is 3.52. The van der Waals surface area contributed by atoms with E-state index in [-0.39, 0.29) is 9.88 Å². The smallest absolute Gasteiger partial charge is 0.240 e. The Labute approximate surface area is 119 Å². The first-order valence-corrected chi connectivity index (χ1v) is 8.19. The molecule has 1 aliphatic rings. The Hall–Kier alpha value is -0.980. The Morgan fingerprint density at radius 2 is 2.16 bits per heavy atom. The predicted molar refractivity (Wildman–Crippen MR) is 79.6 cm³/mol. The fourth-order valence-electron chi connectivity index (χ4n) is 2.09. The van der Waals surface area contributed by atoms with Crippen molar-refractivity contribution < 1.29 is 8.42 Å². The lowest BCUT2D eigenvalue weighted by molar-refractivity contribution is 0.316. The molecule has 1 saturated carbocycles. The van der Waals surface area contributed by atoms with Crippen molar-refractivity contribution in [2.45, 2.75) is 31.1 Å². The molecule has 0 amide bonds. The summed E-state index contributed by atoms with van der Waals surface area (Å²) < 4.78 is 26.9. The van der Waals surface area contributed by atoms with Crippen molar-refractivity contribution in [3.63, 3.8) is 0 Å². The summed E-state index contributed by atoms with van der Waals surface area (Å²) >= 11 is 4.91. The summed E-state index contributed by atoms with van der Waals surface area (Å²) in [7, 11) is -3.43. The second kappa shape index (κ2) is 5.56. The summed E-state index contributed by atoms with van der Waals surface area (Å²) in [5.74, 6) is 0.492. The number of benzene rings is 1. The highest BCUT2D eigenvalue weighted by Gasteiger charge is 2.21. The molecule has 0 saturated heterocycles. The van der Waals surface area contributed by atoms with Gasteiger partial charge in [0.25, 0.3) is 0 Å². The molecule has 0 heterocycles. The highest BCUT2D eigenvalue weighted by atomic mass is 32.2. The zero-order valence-electron chi connectivity index (χ0n) is 10.8. The number of thiocarbonyl (C=S) groups is 1. The van der Waals surface area contributed by atoms with Crippen LogP contribution in [0.5, 0.6) is 0 Å². The molecule has 2 rings (SSSR count). The minimum absolute atomic E-state index is 0.268. The molecular weight excluding hydrogens is 280 g/mol. The van der Waals surface area contributed by atoms with Crippen molar-refractivity contribution >= 4 is 27.2 Å². The first kappa shape index (κ1) is 14.4. The molecule has 1 fully saturated rings. The van der Waals surface area contributed by atoms with Gasteiger partial charge in [0.2, 0.25) is 10.0 Å². The van der Waals surface area contributed by atoms with Gasteiger partial charge in [-0.2, -0.15) is 0 Å². The van der Waals surface area contributed by atoms with Crippen molar-refractivity contribution in [2.24, 2.45) is 11.7 Å². The molecule has 19 heavy (non-hydrogen) atoms. The molecule has 0 aliphatic heterocycles. The summed E-state index contributed by atoms with van der Waals surface area (Å²) in [4.78, 5) is 0.549. The summed E-state index contributed by atoms with van der Waals surface area (Å²) in [6.45, 7) is 2.33. The van der Waals surface area contributed by atoms with Crippen LogP contribution < -0.4 is 10.5 Å². The summed E-state index contributed by atoms with van der Waals surface area (Å²) in [6.07, 6.45) is 3.43. The highest BCUT2D eigenvalue weighted by Crippen LogP contribution is 2.26. The first-order chi connectivity index (χ1) is 8.90. The van der Waals surface area contributed by atoms with Crippen LogP contribution in [0.25, 0.3) is 0 Å². The lowest BCUT2D eigenvalue weighted by Gasteiger charge is -2.25. The third-order valence-corrected chi connectivity index (χ3v) is 5.20. The molecule has 6 heteroatoms. The molecular formula is C13H18N2O2S2. The first-order valence-electron chi connectivity index (χ1n) is 6.30. The minimum Gasteiger partial charge on any atom is -0.389 e. The normalized spacial score (nSPS) is 16.1. The summed E-state index contributed by atoms with van der Waals surface area (Å²) in [6, 6.07) is 4.82. The average molecular weight is 298 g/mol. The number of nitrogens with two attached hydrogens (primary N) is 1. The standard InChI is InChI=1S/C13H18N2O2S2/c1-9-7-11(5-6-12(9)13(14)18)19(16,17)15-8-10-3-2-4-10/h5-7,10,15H,2-4,8H2,1H3,(H2,14,18). The van der Waals surface area contributed by atoms with Crippen molar-refractivity contribution in [1.29, 1.82) is 0 Å². The molecule has 104 valence electrons. The van der Waals surface area contributed by atoms with Crippen LogP contribution in [-0.4, -0.2) is 20.0 Å². The van der Waals surface area contributed by atoms with Crippen molar-refractivity contribution in [3.05, 3.63) is 29.3 Å². The van der Waals surface area contributed by atoms with Gasteiger partial charge in [-0.05, 0) is 43.4 Å². The number of aryl methyl sites for hydroxylation is 1. The Balaban J connectivity index is 2.15. The predicted octanol–water partition coefficient (Wildman–Crippen LogP) is 1.71. The topological polar surface area (TPSA) is 72.2 Å². The van der Waals surface area contributed by atoms with E-state index in [0.717, 1.165) is 18.4 Å². The van der Waals surface area contributed by atoms with Crippen LogP contribution in [0.4, 0.5) is 0 Å². The molecule has 1 aliphatic carbocycles. The third kappa shape index (κ3) is 3.32. The number of sulfonamides is 1. The second-order valence-electron chi connectivity index (χ2n) is 4.99. The molecule has 0 aromatic heterocycles. The maximum absolute atomic E-state index is 12.1. The van der Waals surface area contributed by atoms with E-state index >= 15 is 0 Å². The van der Waals surface area contributed by atoms with E-state index in [2.05, 4.69) is 4.72 Å². The Bertz CT molecular complexity index is 593. The van der Waals surface area contributed by atoms with E-state index in [1.54, 1.807) is 25.1 Å². The number of hydrogen-bond acceptors (Lipinski definition) is 3. The maximum Gasteiger partial charge on any atom is 0.240 e. The van der Waals surface area contributed by atoms with Crippen LogP contribution in [0.3, 0.4) is 0 Å². The second-order valence-corrected chi connectivity index (χ2v) is 7.20. The van der Waals surface area contributed by atoms with Gasteiger partial charge < -0.3 is 5.73 Å². The maximum atomic E-state index is 12.1. The molecule has 0 spiro atoms. The van der Waals surface area contributed by atoms with Gasteiger partial charge in [-0.15, -0.1) is 0 Å². The summed E-state index contributed by atoms with van der Waals surface area (Å²) in [5, 5.41) is 0. The van der Waals surface area contributed by atoms with Crippen LogP contribution in [0.1, 0.15) is 30.4 Å². The number of hydrogen-bond donors (Lipinski definition) is 2. The lowest BCUT2D eigenvalue weighted by Crippen LogP contribution is -2.32. The Morgan fingerprint density at radius 1 is 1.47 bits per heavy atom. The van der Waals surface area contributed by atoms with E-state index in [1.165, 1.54) is 6.42 Å². The molecule has 4 nitrogen and oxygen atoms in total. The van der Waals surface area contributed by atoms with Gasteiger partial charge in [-0.25, -0.2) is 13.1 Å². The molecule has 0 radical (unpaired) electrons. The Morgan fingerprint density at radius 3 is 2.63 bits per heavy atom. The van der Waals surface area contributed by atoms with E-state index in [1.807, 2.05) is 0 Å². The van der Waals surface area contributed by atoms with E-state index in [4.69, 9.17) is 18.0 Å². The molecule has 0 atom stereocenters. The molecule has 0 unspecified atom stereocenters. The fraction of sp³-hybridized carbons (Fsp3) is 0.462. The zero-order chi connectivity index (χ0) is 14.0. The van der Waals surface area contributed by atoms with Crippen LogP contribution >= 0.6 is 12.2 Å². The van der Waals surface area contributed by atoms with E-state index in [0.29, 0.717) is 18.0 Å². The van der Waals surface area contributed by atoms with Gasteiger partial charge >= 0.3 is 0 Å². The molecule has 0 bridgehead atoms. The van der Waals surface area contributed by atoms with Gasteiger partial charge in [0.15, 0.2) is 0 Å². The van der Waals surface area contributed by atoms with Gasteiger partial charge in [0, 0.05) is 12.1 Å². The van der Waals surface area contributed by atoms with Crippen molar-refractivity contribution in [3.8, 4) is 0 Å². The van der Waals surface area contributed by atoms with Crippen molar-refractivity contribution in [2.75, 3.05) is 6.54 Å². The van der Waals surface area contributed by atoms with Gasteiger partial charge in [-0.3, -0.25) is 0 Å². The minimum atomic E-state index is -3.43. The number of rotatable bonds is 5. The number of nitrogens with one attached hydrogen (secondary N) is 1. The van der Waals surface area contributed by atoms with E-state index < -0.39 is 10.0 Å². The molecule has 1 aromatic carbocycles. The van der Waals surface area contributed by atoms with Crippen LogP contribution in [0, 0.1) is 12.8 Å². The SMILES string of the molecule is Cc1cc(S(=O)(=O)NCC2CCC2)ccc1C(N)=S. The molecule has 1 aromatic rings. The monoisotopic (exact) mass is 298 g/mol. The Kier molecular flexibility index (Phi) is 4.23. The lowest BCUT2D eigenvalue weighted by atomic mass is 9.86.